The zero-order chi connectivity index (χ0) is 12.4. The maximum atomic E-state index is 3.83. The minimum absolute atomic E-state index is 1.08. The van der Waals surface area contributed by atoms with E-state index in [1.807, 2.05) is 4.57 Å². The molecular weight excluding hydrogens is 292 g/mol. The van der Waals surface area contributed by atoms with E-state index in [1.165, 1.54) is 24.9 Å². The van der Waals surface area contributed by atoms with Gasteiger partial charge in [0.05, 0.1) is 5.69 Å². The van der Waals surface area contributed by atoms with Crippen LogP contribution in [0.5, 0.6) is 0 Å². The Morgan fingerprint density at radius 3 is 2.39 bits per heavy atom. The maximum Gasteiger partial charge on any atom is 0.123 e. The quantitative estimate of drug-likeness (QED) is 0.855. The maximum absolute atomic E-state index is 3.83. The van der Waals surface area contributed by atoms with Gasteiger partial charge in [-0.15, -0.1) is 10.2 Å². The number of halogens is 1. The van der Waals surface area contributed by atoms with Crippen LogP contribution in [0.1, 0.15) is 19.3 Å². The van der Waals surface area contributed by atoms with Crippen molar-refractivity contribution >= 4 is 21.6 Å². The summed E-state index contributed by atoms with van der Waals surface area (Å²) in [6.07, 6.45) is 7.36. The Balaban J connectivity index is 1.89. The minimum Gasteiger partial charge on any atom is -0.371 e. The summed E-state index contributed by atoms with van der Waals surface area (Å²) in [6.45, 7) is 2.31. The summed E-state index contributed by atoms with van der Waals surface area (Å²) in [5.74, 6) is 0. The second-order valence-corrected chi connectivity index (χ2v) is 5.41. The number of nitrogens with zero attached hydrogens (tertiary/aromatic N) is 4. The summed E-state index contributed by atoms with van der Waals surface area (Å²) in [4.78, 5) is 2.45. The summed E-state index contributed by atoms with van der Waals surface area (Å²) in [5.41, 5.74) is 2.36. The van der Waals surface area contributed by atoms with E-state index in [9.17, 15) is 0 Å². The van der Waals surface area contributed by atoms with E-state index in [0.717, 1.165) is 23.2 Å². The SMILES string of the molecule is Brc1cc(-n2cnnc2)ccc1N1CCCCC1. The highest BCUT2D eigenvalue weighted by Crippen LogP contribution is 2.30. The molecular formula is C13H15BrN4. The highest BCUT2D eigenvalue weighted by molar-refractivity contribution is 9.10. The summed E-state index contributed by atoms with van der Waals surface area (Å²) in [6, 6.07) is 6.40. The van der Waals surface area contributed by atoms with Crippen LogP contribution in [0.4, 0.5) is 5.69 Å². The molecule has 2 aromatic rings. The van der Waals surface area contributed by atoms with Crippen LogP contribution in [0.15, 0.2) is 35.3 Å². The van der Waals surface area contributed by atoms with Crippen molar-refractivity contribution in [3.05, 3.63) is 35.3 Å². The van der Waals surface area contributed by atoms with Crippen molar-refractivity contribution in [2.75, 3.05) is 18.0 Å². The first-order valence-corrected chi connectivity index (χ1v) is 7.03. The van der Waals surface area contributed by atoms with Crippen LogP contribution in [0.3, 0.4) is 0 Å². The standard InChI is InChI=1S/C13H15BrN4/c14-12-8-11(18-9-15-16-10-18)4-5-13(12)17-6-2-1-3-7-17/h4-5,8-10H,1-3,6-7H2. The van der Waals surface area contributed by atoms with Gasteiger partial charge in [-0.3, -0.25) is 4.57 Å². The number of anilines is 1. The van der Waals surface area contributed by atoms with E-state index in [1.54, 1.807) is 12.7 Å². The minimum atomic E-state index is 1.08. The average molecular weight is 307 g/mol. The second-order valence-electron chi connectivity index (χ2n) is 4.55. The molecule has 1 aliphatic rings. The molecule has 1 aromatic heterocycles. The van der Waals surface area contributed by atoms with Crippen molar-refractivity contribution in [3.63, 3.8) is 0 Å². The summed E-state index contributed by atoms with van der Waals surface area (Å²) < 4.78 is 3.04. The Bertz CT molecular complexity index is 518. The van der Waals surface area contributed by atoms with E-state index in [2.05, 4.69) is 49.2 Å². The van der Waals surface area contributed by atoms with Crippen LogP contribution in [0.2, 0.25) is 0 Å². The fourth-order valence-electron chi connectivity index (χ4n) is 2.38. The largest absolute Gasteiger partial charge is 0.371 e. The fourth-order valence-corrected chi connectivity index (χ4v) is 3.00. The van der Waals surface area contributed by atoms with Crippen LogP contribution in [0, 0.1) is 0 Å². The lowest BCUT2D eigenvalue weighted by Gasteiger charge is -2.29. The van der Waals surface area contributed by atoms with Gasteiger partial charge in [-0.25, -0.2) is 0 Å². The van der Waals surface area contributed by atoms with E-state index in [0.29, 0.717) is 0 Å². The van der Waals surface area contributed by atoms with Crippen molar-refractivity contribution in [1.82, 2.24) is 14.8 Å². The Morgan fingerprint density at radius 1 is 1.00 bits per heavy atom. The molecule has 1 saturated heterocycles. The van der Waals surface area contributed by atoms with Gasteiger partial charge in [-0.1, -0.05) is 0 Å². The molecule has 0 bridgehead atoms. The van der Waals surface area contributed by atoms with Crippen molar-refractivity contribution in [2.45, 2.75) is 19.3 Å². The van der Waals surface area contributed by atoms with Gasteiger partial charge in [-0.2, -0.15) is 0 Å². The van der Waals surface area contributed by atoms with Crippen molar-refractivity contribution in [1.29, 1.82) is 0 Å². The van der Waals surface area contributed by atoms with E-state index < -0.39 is 0 Å². The molecule has 0 radical (unpaired) electrons. The molecule has 94 valence electrons. The predicted octanol–water partition coefficient (Wildman–Crippen LogP) is 3.02. The third-order valence-corrected chi connectivity index (χ3v) is 3.98. The van der Waals surface area contributed by atoms with Gasteiger partial charge in [0.1, 0.15) is 12.7 Å². The number of rotatable bonds is 2. The molecule has 0 unspecified atom stereocenters. The number of hydrogen-bond donors (Lipinski definition) is 0. The third kappa shape index (κ3) is 2.27. The van der Waals surface area contributed by atoms with Crippen LogP contribution < -0.4 is 4.90 Å². The smallest absolute Gasteiger partial charge is 0.123 e. The average Bonchev–Trinajstić information content (AvgIpc) is 2.93. The molecule has 0 spiro atoms. The Hall–Kier alpha value is -1.36. The zero-order valence-corrected chi connectivity index (χ0v) is 11.7. The Morgan fingerprint density at radius 2 is 1.72 bits per heavy atom. The monoisotopic (exact) mass is 306 g/mol. The molecule has 2 heterocycles. The van der Waals surface area contributed by atoms with Crippen LogP contribution >= 0.6 is 15.9 Å². The molecule has 0 atom stereocenters. The number of aromatic nitrogens is 3. The Kier molecular flexibility index (Phi) is 3.32. The lowest BCUT2D eigenvalue weighted by atomic mass is 10.1. The van der Waals surface area contributed by atoms with Gasteiger partial charge in [0.15, 0.2) is 0 Å². The molecule has 0 saturated carbocycles. The first kappa shape index (κ1) is 11.7. The molecule has 4 nitrogen and oxygen atoms in total. The van der Waals surface area contributed by atoms with Crippen molar-refractivity contribution in [2.24, 2.45) is 0 Å². The Labute approximate surface area is 115 Å². The summed E-state index contributed by atoms with van der Waals surface area (Å²) in [7, 11) is 0. The highest BCUT2D eigenvalue weighted by Gasteiger charge is 2.13. The first-order chi connectivity index (χ1) is 8.84. The van der Waals surface area contributed by atoms with Crippen LogP contribution in [-0.4, -0.2) is 27.9 Å². The summed E-state index contributed by atoms with van der Waals surface area (Å²) in [5, 5.41) is 7.66. The predicted molar refractivity (Wildman–Crippen MR) is 75.1 cm³/mol. The molecule has 1 fully saturated rings. The molecule has 1 aliphatic heterocycles. The van der Waals surface area contributed by atoms with Crippen molar-refractivity contribution in [3.8, 4) is 5.69 Å². The fraction of sp³-hybridized carbons (Fsp3) is 0.385. The third-order valence-electron chi connectivity index (χ3n) is 3.34. The van der Waals surface area contributed by atoms with Gasteiger partial charge in [-0.05, 0) is 53.4 Å². The van der Waals surface area contributed by atoms with Gasteiger partial charge < -0.3 is 4.90 Å². The van der Waals surface area contributed by atoms with Crippen LogP contribution in [0.25, 0.3) is 5.69 Å². The lowest BCUT2D eigenvalue weighted by Crippen LogP contribution is -2.29. The summed E-state index contributed by atoms with van der Waals surface area (Å²) >= 11 is 3.67. The van der Waals surface area contributed by atoms with Gasteiger partial charge in [0.25, 0.3) is 0 Å². The molecule has 0 aliphatic carbocycles. The van der Waals surface area contributed by atoms with E-state index >= 15 is 0 Å². The highest BCUT2D eigenvalue weighted by atomic mass is 79.9. The lowest BCUT2D eigenvalue weighted by molar-refractivity contribution is 0.577. The second kappa shape index (κ2) is 5.10. The number of piperidine rings is 1. The van der Waals surface area contributed by atoms with Crippen molar-refractivity contribution < 1.29 is 0 Å². The zero-order valence-electron chi connectivity index (χ0n) is 10.1. The number of benzene rings is 1. The molecule has 0 N–H and O–H groups in total. The molecule has 0 amide bonds. The first-order valence-electron chi connectivity index (χ1n) is 6.24. The van der Waals surface area contributed by atoms with Crippen LogP contribution in [-0.2, 0) is 0 Å². The van der Waals surface area contributed by atoms with Gasteiger partial charge in [0.2, 0.25) is 0 Å². The van der Waals surface area contributed by atoms with Gasteiger partial charge >= 0.3 is 0 Å². The van der Waals surface area contributed by atoms with E-state index in [-0.39, 0.29) is 0 Å². The van der Waals surface area contributed by atoms with Gasteiger partial charge in [0, 0.05) is 23.2 Å². The molecule has 5 heteroatoms. The normalized spacial score (nSPS) is 15.9. The topological polar surface area (TPSA) is 34.0 Å². The van der Waals surface area contributed by atoms with E-state index in [4.69, 9.17) is 0 Å². The molecule has 1 aromatic carbocycles. The molecule has 18 heavy (non-hydrogen) atoms. The molecule has 3 rings (SSSR count). The number of hydrogen-bond acceptors (Lipinski definition) is 3.